The summed E-state index contributed by atoms with van der Waals surface area (Å²) in [5.41, 5.74) is 2.14. The minimum atomic E-state index is -1.15. The number of nitrogens with zero attached hydrogens (tertiary/aromatic N) is 6. The van der Waals surface area contributed by atoms with Gasteiger partial charge in [-0.3, -0.25) is 9.88 Å². The van der Waals surface area contributed by atoms with Gasteiger partial charge >= 0.3 is 0 Å². The number of hydrogen-bond donors (Lipinski definition) is 0. The van der Waals surface area contributed by atoms with Gasteiger partial charge in [0.1, 0.15) is 29.1 Å². The number of pyridine rings is 3. The standard InChI is InChI=1S/C31H32F3N6OP/c1-18-14-38(21-16-41-17-21)8-9-39(18)28-6-2-19(12-36-28)30-25(34)13-35-26-5-7-29(37-31(26)30)40-15-20(32)10-27(40)23-11-22(42)3-4-24(23)33/h2-7,11-13,18,20-21,27H,8-10,14-17,42H2,1H3/t18-,20-,27+/m0/s1. The van der Waals surface area contributed by atoms with E-state index in [4.69, 9.17) is 14.7 Å². The van der Waals surface area contributed by atoms with E-state index in [2.05, 4.69) is 30.9 Å². The molecule has 3 aliphatic rings. The third kappa shape index (κ3) is 4.99. The van der Waals surface area contributed by atoms with Crippen LogP contribution in [-0.2, 0) is 4.74 Å². The Balaban J connectivity index is 1.20. The zero-order valence-electron chi connectivity index (χ0n) is 23.3. The molecule has 42 heavy (non-hydrogen) atoms. The van der Waals surface area contributed by atoms with Crippen LogP contribution in [0.15, 0.2) is 54.9 Å². The summed E-state index contributed by atoms with van der Waals surface area (Å²) in [7, 11) is 2.56. The fourth-order valence-electron chi connectivity index (χ4n) is 6.41. The first-order valence-electron chi connectivity index (χ1n) is 14.3. The number of benzene rings is 1. The molecule has 3 aliphatic heterocycles. The molecule has 7 rings (SSSR count). The third-order valence-corrected chi connectivity index (χ3v) is 9.06. The number of aromatic nitrogens is 3. The summed E-state index contributed by atoms with van der Waals surface area (Å²) >= 11 is 0. The fourth-order valence-corrected chi connectivity index (χ4v) is 6.69. The number of ether oxygens (including phenoxy) is 1. The summed E-state index contributed by atoms with van der Waals surface area (Å²) in [5, 5.41) is 0.814. The molecule has 0 bridgehead atoms. The van der Waals surface area contributed by atoms with Gasteiger partial charge in [0.2, 0.25) is 0 Å². The lowest BCUT2D eigenvalue weighted by atomic mass is 10.0. The number of halogens is 3. The molecule has 11 heteroatoms. The Morgan fingerprint density at radius 1 is 0.905 bits per heavy atom. The maximum absolute atomic E-state index is 15.4. The molecule has 1 unspecified atom stereocenters. The normalized spacial score (nSPS) is 23.5. The van der Waals surface area contributed by atoms with Crippen molar-refractivity contribution in [2.75, 3.05) is 49.2 Å². The summed E-state index contributed by atoms with van der Waals surface area (Å²) < 4.78 is 50.4. The van der Waals surface area contributed by atoms with Gasteiger partial charge in [0.05, 0.1) is 43.6 Å². The highest BCUT2D eigenvalue weighted by atomic mass is 31.0. The fraction of sp³-hybridized carbons (Fsp3) is 0.387. The average Bonchev–Trinajstić information content (AvgIpc) is 3.35. The zero-order chi connectivity index (χ0) is 29.0. The molecule has 0 spiro atoms. The number of piperazine rings is 1. The third-order valence-electron chi connectivity index (χ3n) is 8.70. The van der Waals surface area contributed by atoms with Crippen LogP contribution in [0.25, 0.3) is 22.2 Å². The molecule has 0 radical (unpaired) electrons. The highest BCUT2D eigenvalue weighted by Gasteiger charge is 2.36. The minimum absolute atomic E-state index is 0.0667. The van der Waals surface area contributed by atoms with Crippen LogP contribution in [0, 0.1) is 11.6 Å². The van der Waals surface area contributed by atoms with Crippen molar-refractivity contribution < 1.29 is 17.9 Å². The molecule has 0 saturated carbocycles. The SMILES string of the molecule is C[C@H]1CN(C2COC2)CCN1c1ccc(-c2c(F)cnc3ccc(N4C[C@@H](F)C[C@@H]4c4cc(P)ccc4F)nc23)cn1. The zero-order valence-corrected chi connectivity index (χ0v) is 24.4. The number of hydrogen-bond acceptors (Lipinski definition) is 7. The van der Waals surface area contributed by atoms with Crippen molar-refractivity contribution in [2.45, 2.75) is 37.6 Å². The first-order valence-corrected chi connectivity index (χ1v) is 14.9. The predicted molar refractivity (Wildman–Crippen MR) is 161 cm³/mol. The molecule has 3 saturated heterocycles. The van der Waals surface area contributed by atoms with Crippen LogP contribution in [0.3, 0.4) is 0 Å². The van der Waals surface area contributed by atoms with Crippen LogP contribution >= 0.6 is 9.24 Å². The maximum atomic E-state index is 15.4. The number of fused-ring (bicyclic) bond motifs is 1. The van der Waals surface area contributed by atoms with Crippen LogP contribution in [0.4, 0.5) is 24.8 Å². The summed E-state index contributed by atoms with van der Waals surface area (Å²) in [6, 6.07) is 12.3. The van der Waals surface area contributed by atoms with E-state index < -0.39 is 23.8 Å². The maximum Gasteiger partial charge on any atom is 0.151 e. The van der Waals surface area contributed by atoms with Crippen LogP contribution in [0.2, 0.25) is 0 Å². The Labute approximate surface area is 244 Å². The van der Waals surface area contributed by atoms with Gasteiger partial charge in [-0.1, -0.05) is 6.07 Å². The first kappa shape index (κ1) is 27.5. The smallest absolute Gasteiger partial charge is 0.151 e. The van der Waals surface area contributed by atoms with E-state index in [-0.39, 0.29) is 24.6 Å². The molecular formula is C31H32F3N6OP. The van der Waals surface area contributed by atoms with E-state index in [0.717, 1.165) is 44.0 Å². The van der Waals surface area contributed by atoms with E-state index in [1.165, 1.54) is 12.3 Å². The highest BCUT2D eigenvalue weighted by molar-refractivity contribution is 7.27. The Morgan fingerprint density at radius 3 is 2.48 bits per heavy atom. The Hall–Kier alpha value is -3.33. The van der Waals surface area contributed by atoms with Gasteiger partial charge in [0.15, 0.2) is 5.82 Å². The van der Waals surface area contributed by atoms with Crippen LogP contribution < -0.4 is 15.1 Å². The van der Waals surface area contributed by atoms with Crippen molar-refractivity contribution in [3.8, 4) is 11.1 Å². The minimum Gasteiger partial charge on any atom is -0.378 e. The monoisotopic (exact) mass is 592 g/mol. The average molecular weight is 593 g/mol. The molecule has 0 amide bonds. The van der Waals surface area contributed by atoms with E-state index >= 15 is 4.39 Å². The molecule has 4 atom stereocenters. The Morgan fingerprint density at radius 2 is 1.74 bits per heavy atom. The van der Waals surface area contributed by atoms with Gasteiger partial charge in [-0.25, -0.2) is 23.1 Å². The quantitative estimate of drug-likeness (QED) is 0.313. The molecule has 3 aromatic heterocycles. The first-order chi connectivity index (χ1) is 20.4. The van der Waals surface area contributed by atoms with Gasteiger partial charge in [-0.15, -0.1) is 9.24 Å². The number of alkyl halides is 1. The van der Waals surface area contributed by atoms with Crippen molar-refractivity contribution in [3.63, 3.8) is 0 Å². The lowest BCUT2D eigenvalue weighted by Crippen LogP contribution is -2.59. The molecular weight excluding hydrogens is 560 g/mol. The van der Waals surface area contributed by atoms with E-state index in [1.54, 1.807) is 35.4 Å². The topological polar surface area (TPSA) is 57.6 Å². The van der Waals surface area contributed by atoms with E-state index in [9.17, 15) is 8.78 Å². The summed E-state index contributed by atoms with van der Waals surface area (Å²) in [6.45, 7) is 6.60. The Kier molecular flexibility index (Phi) is 7.24. The van der Waals surface area contributed by atoms with Crippen molar-refractivity contribution >= 4 is 37.2 Å². The molecule has 3 fully saturated rings. The summed E-state index contributed by atoms with van der Waals surface area (Å²) in [5.74, 6) is 0.381. The van der Waals surface area contributed by atoms with Gasteiger partial charge in [-0.05, 0) is 48.6 Å². The van der Waals surface area contributed by atoms with Gasteiger partial charge in [-0.2, -0.15) is 0 Å². The van der Waals surface area contributed by atoms with Gasteiger partial charge < -0.3 is 14.5 Å². The number of anilines is 2. The van der Waals surface area contributed by atoms with Gasteiger partial charge in [0, 0.05) is 55.0 Å². The molecule has 0 aliphatic carbocycles. The van der Waals surface area contributed by atoms with Gasteiger partial charge in [0.25, 0.3) is 0 Å². The molecule has 7 nitrogen and oxygen atoms in total. The molecule has 4 aromatic rings. The predicted octanol–water partition coefficient (Wildman–Crippen LogP) is 4.67. The van der Waals surface area contributed by atoms with Crippen molar-refractivity contribution in [1.29, 1.82) is 0 Å². The Bertz CT molecular complexity index is 1620. The second-order valence-electron chi connectivity index (χ2n) is 11.4. The lowest BCUT2D eigenvalue weighted by molar-refractivity contribution is -0.0692. The second kappa shape index (κ2) is 11.1. The molecule has 218 valence electrons. The largest absolute Gasteiger partial charge is 0.378 e. The van der Waals surface area contributed by atoms with Crippen molar-refractivity contribution in [3.05, 3.63) is 72.1 Å². The van der Waals surface area contributed by atoms with E-state index in [1.807, 2.05) is 12.1 Å². The summed E-state index contributed by atoms with van der Waals surface area (Å²) in [6.07, 6.45) is 1.87. The molecule has 1 aromatic carbocycles. The summed E-state index contributed by atoms with van der Waals surface area (Å²) in [4.78, 5) is 20.3. The number of rotatable bonds is 5. The lowest BCUT2D eigenvalue weighted by Gasteiger charge is -2.46. The van der Waals surface area contributed by atoms with E-state index in [0.29, 0.717) is 34.0 Å². The molecule has 6 heterocycles. The highest BCUT2D eigenvalue weighted by Crippen LogP contribution is 2.39. The van der Waals surface area contributed by atoms with Crippen LogP contribution in [-0.4, -0.2) is 77.5 Å². The molecule has 0 N–H and O–H groups in total. The van der Waals surface area contributed by atoms with Crippen LogP contribution in [0.5, 0.6) is 0 Å². The van der Waals surface area contributed by atoms with Crippen molar-refractivity contribution in [1.82, 2.24) is 19.9 Å². The second-order valence-corrected chi connectivity index (χ2v) is 12.1. The van der Waals surface area contributed by atoms with Crippen molar-refractivity contribution in [2.24, 2.45) is 0 Å². The van der Waals surface area contributed by atoms with Crippen LogP contribution in [0.1, 0.15) is 24.9 Å².